The Bertz CT molecular complexity index is 434. The normalized spacial score (nSPS) is 11.7. The fraction of sp³-hybridized carbons (Fsp3) is 0.273. The number of nitrogens with two attached hydrogens (primary N) is 1. The lowest BCUT2D eigenvalue weighted by atomic mass is 9.79. The number of carboxylic acid groups (broad SMARTS) is 1. The molecule has 0 aliphatic rings. The van der Waals surface area contributed by atoms with Crippen molar-refractivity contribution in [3.05, 3.63) is 29.8 Å². The van der Waals surface area contributed by atoms with Gasteiger partial charge in [0.05, 0.1) is 0 Å². The van der Waals surface area contributed by atoms with Crippen LogP contribution in [0.1, 0.15) is 12.5 Å². The molecule has 6 nitrogen and oxygen atoms in total. The molecule has 0 spiro atoms. The topological polar surface area (TPSA) is 110 Å². The number of hydrogen-bond donors (Lipinski definition) is 3. The van der Waals surface area contributed by atoms with Gasteiger partial charge in [-0.1, -0.05) is 24.3 Å². The Labute approximate surface area is 105 Å². The zero-order chi connectivity index (χ0) is 13.7. The number of carbonyl (C=O) groups is 2. The van der Waals surface area contributed by atoms with Gasteiger partial charge in [-0.3, -0.25) is 9.59 Å². The molecule has 0 aliphatic carbocycles. The molecule has 1 aromatic rings. The Morgan fingerprint density at radius 1 is 1.39 bits per heavy atom. The van der Waals surface area contributed by atoms with Crippen LogP contribution in [0, 0.1) is 0 Å². The van der Waals surface area contributed by atoms with Crippen molar-refractivity contribution in [3.8, 4) is 0 Å². The molecule has 0 amide bonds. The lowest BCUT2D eigenvalue weighted by molar-refractivity contribution is -0.138. The minimum absolute atomic E-state index is 0.194. The summed E-state index contributed by atoms with van der Waals surface area (Å²) in [6.07, 6.45) is 0.194. The first-order valence-electron chi connectivity index (χ1n) is 5.32. The number of aliphatic carboxylic acids is 1. The Kier molecular flexibility index (Phi) is 4.88. The largest absolute Gasteiger partial charge is 0.561 e. The Morgan fingerprint density at radius 3 is 2.39 bits per heavy atom. The summed E-state index contributed by atoms with van der Waals surface area (Å²) in [5, 5.41) is 18.2. The van der Waals surface area contributed by atoms with Crippen molar-refractivity contribution >= 4 is 24.5 Å². The first-order chi connectivity index (χ1) is 8.40. The molecule has 0 heterocycles. The Balaban J connectivity index is 2.68. The molecule has 7 heteroatoms. The van der Waals surface area contributed by atoms with Crippen LogP contribution < -0.4 is 11.2 Å². The minimum Gasteiger partial charge on any atom is -0.506 e. The second-order valence-corrected chi connectivity index (χ2v) is 3.85. The van der Waals surface area contributed by atoms with Crippen molar-refractivity contribution in [3.63, 3.8) is 0 Å². The van der Waals surface area contributed by atoms with Gasteiger partial charge in [0.25, 0.3) is 5.97 Å². The molecule has 0 aromatic heterocycles. The summed E-state index contributed by atoms with van der Waals surface area (Å²) >= 11 is 0. The zero-order valence-electron chi connectivity index (χ0n) is 9.87. The van der Waals surface area contributed by atoms with Crippen molar-refractivity contribution in [2.24, 2.45) is 5.73 Å². The van der Waals surface area contributed by atoms with Crippen molar-refractivity contribution in [1.29, 1.82) is 0 Å². The van der Waals surface area contributed by atoms with Crippen LogP contribution >= 0.6 is 0 Å². The highest BCUT2D eigenvalue weighted by Crippen LogP contribution is 2.02. The quantitative estimate of drug-likeness (QED) is 0.572. The fourth-order valence-electron chi connectivity index (χ4n) is 1.38. The average molecular weight is 251 g/mol. The van der Waals surface area contributed by atoms with E-state index < -0.39 is 25.1 Å². The summed E-state index contributed by atoms with van der Waals surface area (Å²) in [6.45, 7) is 1.20. The van der Waals surface area contributed by atoms with Crippen molar-refractivity contribution in [2.45, 2.75) is 19.4 Å². The van der Waals surface area contributed by atoms with Gasteiger partial charge >= 0.3 is 13.1 Å². The van der Waals surface area contributed by atoms with Crippen LogP contribution in [-0.2, 0) is 20.7 Å². The summed E-state index contributed by atoms with van der Waals surface area (Å²) in [5.74, 6) is -1.65. The first-order valence-corrected chi connectivity index (χ1v) is 5.32. The van der Waals surface area contributed by atoms with E-state index in [1.54, 1.807) is 24.3 Å². The molecule has 4 N–H and O–H groups in total. The third kappa shape index (κ3) is 4.19. The molecule has 0 aliphatic heterocycles. The van der Waals surface area contributed by atoms with E-state index in [9.17, 15) is 14.6 Å². The lowest BCUT2D eigenvalue weighted by Gasteiger charge is -2.09. The van der Waals surface area contributed by atoms with Gasteiger partial charge in [0, 0.05) is 6.92 Å². The number of carboxylic acids is 1. The molecule has 0 bridgehead atoms. The Hall–Kier alpha value is -1.86. The van der Waals surface area contributed by atoms with E-state index in [1.165, 1.54) is 6.92 Å². The summed E-state index contributed by atoms with van der Waals surface area (Å²) in [6, 6.07) is 5.40. The van der Waals surface area contributed by atoms with Gasteiger partial charge in [-0.05, 0) is 17.4 Å². The molecule has 0 saturated heterocycles. The molecule has 0 unspecified atom stereocenters. The van der Waals surface area contributed by atoms with Crippen molar-refractivity contribution in [1.82, 2.24) is 0 Å². The first kappa shape index (κ1) is 14.2. The molecule has 0 fully saturated rings. The highest BCUT2D eigenvalue weighted by molar-refractivity contribution is 6.61. The minimum atomic E-state index is -1.32. The highest BCUT2D eigenvalue weighted by Gasteiger charge is 2.20. The predicted molar refractivity (Wildman–Crippen MR) is 65.1 cm³/mol. The van der Waals surface area contributed by atoms with E-state index >= 15 is 0 Å². The zero-order valence-corrected chi connectivity index (χ0v) is 9.87. The number of hydrogen-bond acceptors (Lipinski definition) is 5. The molecule has 1 atom stereocenters. The van der Waals surface area contributed by atoms with E-state index in [-0.39, 0.29) is 6.42 Å². The molecule has 1 rings (SSSR count). The van der Waals surface area contributed by atoms with E-state index in [1.807, 2.05) is 0 Å². The maximum absolute atomic E-state index is 10.7. The SMILES string of the molecule is CC(=O)OB(O)c1ccc(C[C@H](N)C(=O)O)cc1. The molecule has 1 aromatic carbocycles. The van der Waals surface area contributed by atoms with Crippen LogP contribution in [0.15, 0.2) is 24.3 Å². The summed E-state index contributed by atoms with van der Waals surface area (Å²) in [4.78, 5) is 21.2. The van der Waals surface area contributed by atoms with E-state index in [0.29, 0.717) is 5.46 Å². The van der Waals surface area contributed by atoms with Gasteiger partial charge < -0.3 is 20.5 Å². The molecule has 18 heavy (non-hydrogen) atoms. The monoisotopic (exact) mass is 251 g/mol. The maximum Gasteiger partial charge on any atom is 0.561 e. The van der Waals surface area contributed by atoms with E-state index in [0.717, 1.165) is 5.56 Å². The van der Waals surface area contributed by atoms with Gasteiger partial charge in [0.2, 0.25) is 0 Å². The number of carbonyl (C=O) groups excluding carboxylic acids is 1. The van der Waals surface area contributed by atoms with Crippen LogP contribution in [0.25, 0.3) is 0 Å². The maximum atomic E-state index is 10.7. The smallest absolute Gasteiger partial charge is 0.506 e. The van der Waals surface area contributed by atoms with Gasteiger partial charge in [-0.15, -0.1) is 0 Å². The van der Waals surface area contributed by atoms with Crippen LogP contribution in [0.4, 0.5) is 0 Å². The summed E-state index contributed by atoms with van der Waals surface area (Å²) in [7, 11) is -1.32. The van der Waals surface area contributed by atoms with Crippen LogP contribution in [0.2, 0.25) is 0 Å². The number of rotatable bonds is 5. The van der Waals surface area contributed by atoms with E-state index in [4.69, 9.17) is 10.8 Å². The number of benzene rings is 1. The lowest BCUT2D eigenvalue weighted by Crippen LogP contribution is -2.35. The average Bonchev–Trinajstić information content (AvgIpc) is 2.28. The predicted octanol–water partition coefficient (Wildman–Crippen LogP) is -1.11. The molecular weight excluding hydrogens is 237 g/mol. The van der Waals surface area contributed by atoms with E-state index in [2.05, 4.69) is 4.65 Å². The van der Waals surface area contributed by atoms with Gasteiger partial charge in [-0.2, -0.15) is 0 Å². The van der Waals surface area contributed by atoms with Gasteiger partial charge in [-0.25, -0.2) is 0 Å². The summed E-state index contributed by atoms with van der Waals surface area (Å²) in [5.41, 5.74) is 6.53. The van der Waals surface area contributed by atoms with Crippen molar-refractivity contribution in [2.75, 3.05) is 0 Å². The summed E-state index contributed by atoms with van der Waals surface area (Å²) < 4.78 is 4.59. The molecule has 96 valence electrons. The second kappa shape index (κ2) is 6.18. The Morgan fingerprint density at radius 2 is 1.94 bits per heavy atom. The third-order valence-electron chi connectivity index (χ3n) is 2.32. The van der Waals surface area contributed by atoms with Gasteiger partial charge in [0.1, 0.15) is 6.04 Å². The third-order valence-corrected chi connectivity index (χ3v) is 2.32. The molecule has 0 saturated carbocycles. The highest BCUT2D eigenvalue weighted by atomic mass is 16.6. The van der Waals surface area contributed by atoms with Gasteiger partial charge in [0.15, 0.2) is 0 Å². The second-order valence-electron chi connectivity index (χ2n) is 3.85. The molecule has 0 radical (unpaired) electrons. The van der Waals surface area contributed by atoms with Crippen LogP contribution in [0.3, 0.4) is 0 Å². The van der Waals surface area contributed by atoms with Crippen LogP contribution in [-0.4, -0.2) is 35.2 Å². The fourth-order valence-corrected chi connectivity index (χ4v) is 1.38. The standard InChI is InChI=1S/C11H14BNO5/c1-7(14)18-12(17)9-4-2-8(3-5-9)6-10(13)11(15)16/h2-5,10,17H,6,13H2,1H3,(H,15,16)/t10-/m0/s1. The van der Waals surface area contributed by atoms with Crippen LogP contribution in [0.5, 0.6) is 0 Å². The molecular formula is C11H14BNO5. The van der Waals surface area contributed by atoms with Crippen molar-refractivity contribution < 1.29 is 24.4 Å².